The summed E-state index contributed by atoms with van der Waals surface area (Å²) < 4.78 is 16.7. The van der Waals surface area contributed by atoms with Crippen molar-refractivity contribution in [2.45, 2.75) is 70.3 Å². The molecule has 4 amide bonds. The van der Waals surface area contributed by atoms with Crippen LogP contribution in [0.15, 0.2) is 42.5 Å². The van der Waals surface area contributed by atoms with Crippen LogP contribution in [0.4, 0.5) is 4.79 Å². The first-order valence-corrected chi connectivity index (χ1v) is 14.1. The minimum atomic E-state index is -1.07. The van der Waals surface area contributed by atoms with Gasteiger partial charge in [0.1, 0.15) is 6.04 Å². The summed E-state index contributed by atoms with van der Waals surface area (Å²) in [7, 11) is 4.61. The van der Waals surface area contributed by atoms with Crippen molar-refractivity contribution in [3.05, 3.63) is 53.6 Å². The Morgan fingerprint density at radius 1 is 0.925 bits per heavy atom. The third-order valence-electron chi connectivity index (χ3n) is 7.62. The lowest BCUT2D eigenvalue weighted by atomic mass is 9.76. The first-order valence-electron chi connectivity index (χ1n) is 14.1. The van der Waals surface area contributed by atoms with E-state index in [0.717, 1.165) is 44.9 Å². The van der Waals surface area contributed by atoms with E-state index in [9.17, 15) is 14.4 Å². The molecule has 1 aliphatic rings. The van der Waals surface area contributed by atoms with Crippen LogP contribution in [0.3, 0.4) is 0 Å². The number of nitrogens with zero attached hydrogens (tertiary/aromatic N) is 1. The van der Waals surface area contributed by atoms with Crippen molar-refractivity contribution < 1.29 is 28.6 Å². The molecule has 3 rings (SSSR count). The molecule has 0 saturated heterocycles. The molecule has 2 aromatic carbocycles. The summed E-state index contributed by atoms with van der Waals surface area (Å²) in [4.78, 5) is 41.8. The minimum Gasteiger partial charge on any atom is -0.493 e. The van der Waals surface area contributed by atoms with Gasteiger partial charge in [-0.2, -0.15) is 0 Å². The maximum absolute atomic E-state index is 14.5. The number of unbranched alkanes of at least 4 members (excludes halogenated alkanes) is 2. The van der Waals surface area contributed by atoms with Gasteiger partial charge >= 0.3 is 6.03 Å². The number of ether oxygens (including phenoxy) is 3. The Hall–Kier alpha value is -3.75. The van der Waals surface area contributed by atoms with Gasteiger partial charge in [0.05, 0.1) is 27.2 Å². The Kier molecular flexibility index (Phi) is 11.7. The number of primary amides is 1. The first kappa shape index (κ1) is 30.8. The number of carbonyl (C=O) groups excluding carboxylic acids is 3. The molecule has 9 heteroatoms. The topological polar surface area (TPSA) is 120 Å². The molecule has 0 aromatic heterocycles. The number of nitrogens with two attached hydrogens (primary N) is 1. The van der Waals surface area contributed by atoms with Crippen molar-refractivity contribution in [2.24, 2.45) is 11.7 Å². The number of amides is 4. The van der Waals surface area contributed by atoms with Gasteiger partial charge in [0.25, 0.3) is 0 Å². The molecule has 0 aliphatic heterocycles. The van der Waals surface area contributed by atoms with Crippen molar-refractivity contribution in [1.82, 2.24) is 10.2 Å². The lowest BCUT2D eigenvalue weighted by molar-refractivity contribution is -0.132. The van der Waals surface area contributed by atoms with E-state index >= 15 is 0 Å². The second kappa shape index (κ2) is 15.1. The number of imide groups is 1. The smallest absolute Gasteiger partial charge is 0.325 e. The third-order valence-corrected chi connectivity index (χ3v) is 7.62. The zero-order chi connectivity index (χ0) is 29.1. The van der Waals surface area contributed by atoms with E-state index in [2.05, 4.69) is 12.2 Å². The van der Waals surface area contributed by atoms with Gasteiger partial charge in [-0.25, -0.2) is 4.79 Å². The fourth-order valence-electron chi connectivity index (χ4n) is 5.53. The molecule has 9 nitrogen and oxygen atoms in total. The Labute approximate surface area is 237 Å². The molecule has 0 spiro atoms. The van der Waals surface area contributed by atoms with Crippen LogP contribution in [0.1, 0.15) is 81.4 Å². The molecule has 2 atom stereocenters. The second-order valence-electron chi connectivity index (χ2n) is 10.2. The molecule has 1 saturated carbocycles. The fourth-order valence-corrected chi connectivity index (χ4v) is 5.53. The highest BCUT2D eigenvalue weighted by Gasteiger charge is 2.38. The van der Waals surface area contributed by atoms with Gasteiger partial charge in [-0.05, 0) is 48.4 Å². The third kappa shape index (κ3) is 7.46. The highest BCUT2D eigenvalue weighted by molar-refractivity contribution is 5.99. The molecule has 1 fully saturated rings. The van der Waals surface area contributed by atoms with Crippen LogP contribution in [-0.2, 0) is 9.59 Å². The number of rotatable bonds is 13. The zero-order valence-electron chi connectivity index (χ0n) is 24.1. The number of carbonyl (C=O) groups is 3. The molecule has 0 heterocycles. The monoisotopic (exact) mass is 553 g/mol. The number of nitrogens with one attached hydrogen (secondary N) is 1. The van der Waals surface area contributed by atoms with E-state index in [1.54, 1.807) is 36.4 Å². The summed E-state index contributed by atoms with van der Waals surface area (Å²) in [6.07, 6.45) is 7.30. The van der Waals surface area contributed by atoms with Gasteiger partial charge in [-0.15, -0.1) is 0 Å². The van der Waals surface area contributed by atoms with Crippen LogP contribution < -0.4 is 25.3 Å². The van der Waals surface area contributed by atoms with Crippen LogP contribution in [0, 0.1) is 5.92 Å². The van der Waals surface area contributed by atoms with Crippen molar-refractivity contribution in [3.8, 4) is 17.2 Å². The van der Waals surface area contributed by atoms with E-state index in [0.29, 0.717) is 34.8 Å². The summed E-state index contributed by atoms with van der Waals surface area (Å²) in [6, 6.07) is 10.7. The number of urea groups is 1. The number of hydrogen-bond acceptors (Lipinski definition) is 6. The largest absolute Gasteiger partial charge is 0.493 e. The molecule has 218 valence electrons. The second-order valence-corrected chi connectivity index (χ2v) is 10.2. The van der Waals surface area contributed by atoms with E-state index in [4.69, 9.17) is 19.9 Å². The van der Waals surface area contributed by atoms with Crippen LogP contribution in [-0.4, -0.2) is 50.6 Å². The Balaban J connectivity index is 2.04. The lowest BCUT2D eigenvalue weighted by Gasteiger charge is -2.34. The molecule has 0 radical (unpaired) electrons. The van der Waals surface area contributed by atoms with E-state index in [1.165, 1.54) is 26.2 Å². The van der Waals surface area contributed by atoms with Crippen LogP contribution in [0.2, 0.25) is 0 Å². The maximum Gasteiger partial charge on any atom is 0.325 e. The lowest BCUT2D eigenvalue weighted by Crippen LogP contribution is -2.50. The highest BCUT2D eigenvalue weighted by Crippen LogP contribution is 2.44. The average molecular weight is 554 g/mol. The molecule has 40 heavy (non-hydrogen) atoms. The van der Waals surface area contributed by atoms with Crippen LogP contribution >= 0.6 is 0 Å². The Morgan fingerprint density at radius 3 is 2.08 bits per heavy atom. The fraction of sp³-hybridized carbons (Fsp3) is 0.516. The summed E-state index contributed by atoms with van der Waals surface area (Å²) in [5.41, 5.74) is 6.93. The first-order chi connectivity index (χ1) is 19.4. The summed E-state index contributed by atoms with van der Waals surface area (Å²) in [5.74, 6) is -0.249. The molecule has 2 aromatic rings. The van der Waals surface area contributed by atoms with Gasteiger partial charge in [0.2, 0.25) is 17.6 Å². The van der Waals surface area contributed by atoms with Crippen molar-refractivity contribution in [1.29, 1.82) is 0 Å². The molecular weight excluding hydrogens is 510 g/mol. The van der Waals surface area contributed by atoms with Crippen molar-refractivity contribution in [3.63, 3.8) is 0 Å². The van der Waals surface area contributed by atoms with Crippen molar-refractivity contribution in [2.75, 3.05) is 27.9 Å². The Bertz CT molecular complexity index is 1110. The SMILES string of the molecule is CCCCCN(C(=O)NC(C(N)=O)c1ccccc1)C(=O)C(c1cc(OC)c(OC)c(OC)c1)C1CCCCC1. The van der Waals surface area contributed by atoms with E-state index in [-0.39, 0.29) is 18.4 Å². The summed E-state index contributed by atoms with van der Waals surface area (Å²) >= 11 is 0. The van der Waals surface area contributed by atoms with Crippen LogP contribution in [0.25, 0.3) is 0 Å². The number of methoxy groups -OCH3 is 3. The highest BCUT2D eigenvalue weighted by atomic mass is 16.5. The summed E-state index contributed by atoms with van der Waals surface area (Å²) in [5, 5.41) is 2.74. The van der Waals surface area contributed by atoms with Gasteiger partial charge in [0.15, 0.2) is 11.5 Å². The van der Waals surface area contributed by atoms with Gasteiger partial charge in [0, 0.05) is 6.54 Å². The predicted octanol–water partition coefficient (Wildman–Crippen LogP) is 5.33. The van der Waals surface area contributed by atoms with Gasteiger partial charge in [-0.1, -0.05) is 69.4 Å². The van der Waals surface area contributed by atoms with Crippen molar-refractivity contribution >= 4 is 17.8 Å². The average Bonchev–Trinajstić information content (AvgIpc) is 2.98. The van der Waals surface area contributed by atoms with E-state index in [1.807, 2.05) is 6.07 Å². The maximum atomic E-state index is 14.5. The van der Waals surface area contributed by atoms with Crippen LogP contribution in [0.5, 0.6) is 17.2 Å². The molecule has 1 aliphatic carbocycles. The Morgan fingerprint density at radius 2 is 1.55 bits per heavy atom. The minimum absolute atomic E-state index is 0.0339. The predicted molar refractivity (Wildman–Crippen MR) is 154 cm³/mol. The molecule has 3 N–H and O–H groups in total. The number of hydrogen-bond donors (Lipinski definition) is 2. The van der Waals surface area contributed by atoms with Gasteiger partial charge < -0.3 is 25.3 Å². The van der Waals surface area contributed by atoms with Gasteiger partial charge in [-0.3, -0.25) is 14.5 Å². The number of benzene rings is 2. The molecular formula is C31H43N3O6. The quantitative estimate of drug-likeness (QED) is 0.324. The molecule has 0 bridgehead atoms. The molecule has 2 unspecified atom stereocenters. The van der Waals surface area contributed by atoms with E-state index < -0.39 is 23.9 Å². The zero-order valence-corrected chi connectivity index (χ0v) is 24.1. The summed E-state index contributed by atoms with van der Waals surface area (Å²) in [6.45, 7) is 2.29. The standard InChI is InChI=1S/C31H43N3O6/c1-5-6-13-18-34(31(37)33-27(29(32)35)22-16-11-8-12-17-22)30(36)26(21-14-9-7-10-15-21)23-19-24(38-2)28(40-4)25(20-23)39-3/h8,11-12,16-17,19-21,26-27H,5-7,9-10,13-15,18H2,1-4H3,(H2,32,35)(H,33,37). The normalized spacial score (nSPS) is 15.0.